The van der Waals surface area contributed by atoms with Gasteiger partial charge in [-0.05, 0) is 104 Å². The second-order valence-corrected chi connectivity index (χ2v) is 17.4. The van der Waals surface area contributed by atoms with Crippen molar-refractivity contribution in [1.82, 2.24) is 0 Å². The quantitative estimate of drug-likeness (QED) is 0.290. The number of hydrogen-bond acceptors (Lipinski definition) is 6. The molecule has 1 aromatic carbocycles. The molecule has 4 saturated carbocycles. The summed E-state index contributed by atoms with van der Waals surface area (Å²) in [5.41, 5.74) is 3.19. The normalized spacial score (nSPS) is 54.3. The van der Waals surface area contributed by atoms with E-state index in [0.29, 0.717) is 31.5 Å². The lowest BCUT2D eigenvalue weighted by atomic mass is 9.37. The number of carbonyl (C=O) groups is 1. The first-order chi connectivity index (χ1) is 21.4. The van der Waals surface area contributed by atoms with Crippen molar-refractivity contribution in [2.45, 2.75) is 109 Å². The number of ether oxygens (including phenoxy) is 4. The largest absolute Gasteiger partial charge is 0.426 e. The van der Waals surface area contributed by atoms with Crippen LogP contribution < -0.4 is 0 Å². The summed E-state index contributed by atoms with van der Waals surface area (Å²) in [7, 11) is 1.70. The molecule has 0 bridgehead atoms. The predicted molar refractivity (Wildman–Crippen MR) is 169 cm³/mol. The van der Waals surface area contributed by atoms with E-state index in [4.69, 9.17) is 18.9 Å². The van der Waals surface area contributed by atoms with Gasteiger partial charge in [0.1, 0.15) is 0 Å². The van der Waals surface area contributed by atoms with Gasteiger partial charge < -0.3 is 24.1 Å². The van der Waals surface area contributed by atoms with E-state index in [-0.39, 0.29) is 51.2 Å². The van der Waals surface area contributed by atoms with Crippen LogP contribution >= 0.6 is 0 Å². The third kappa shape index (κ3) is 3.43. The van der Waals surface area contributed by atoms with Crippen molar-refractivity contribution in [3.63, 3.8) is 0 Å². The van der Waals surface area contributed by atoms with Gasteiger partial charge in [-0.2, -0.15) is 0 Å². The summed E-state index contributed by atoms with van der Waals surface area (Å²) in [6, 6.07) is 10.7. The van der Waals surface area contributed by atoms with Crippen LogP contribution in [0, 0.1) is 44.8 Å². The zero-order chi connectivity index (χ0) is 31.3. The predicted octanol–water partition coefficient (Wildman–Crippen LogP) is 7.08. The molecule has 0 unspecified atom stereocenters. The fourth-order valence-electron chi connectivity index (χ4n) is 13.5. The molecule has 6 nitrogen and oxygen atoms in total. The maximum Gasteiger partial charge on any atom is 0.336 e. The van der Waals surface area contributed by atoms with E-state index in [1.807, 2.05) is 13.0 Å². The summed E-state index contributed by atoms with van der Waals surface area (Å²) in [5.74, 6) is -0.203. The second kappa shape index (κ2) is 8.92. The number of rotatable bonds is 3. The molecule has 1 aromatic rings. The number of allylic oxidation sites excluding steroid dienone is 1. The minimum atomic E-state index is -0.997. The molecule has 1 N–H and O–H groups in total. The summed E-state index contributed by atoms with van der Waals surface area (Å²) in [5, 5.41) is 12.4. The molecule has 2 saturated heterocycles. The molecule has 0 amide bonds. The lowest BCUT2D eigenvalue weighted by Crippen LogP contribution is -2.65. The Bertz CT molecular complexity index is 1520. The standard InChI is InChI=1S/C39H50O6/c1-33(42-5)20-39(44-22-33)19-26(32(41)45-39)27-12-16-38-21-37(27,38)15-13-29-34(2)14-11-25-17-28(24-9-7-6-8-10-24)43-23-35(25,3)30(34)18-31(40)36(29,38)4/h6-11,19,27-31,40H,12-18,20-23H2,1-5H3/t27-,28-,29+,30+,31+,33-,34+,35-,36-,37+,38+,39-/m0/s1. The minimum absolute atomic E-state index is 0.0563. The van der Waals surface area contributed by atoms with Crippen molar-refractivity contribution in [1.29, 1.82) is 0 Å². The second-order valence-electron chi connectivity index (χ2n) is 17.4. The van der Waals surface area contributed by atoms with Crippen molar-refractivity contribution in [2.24, 2.45) is 44.8 Å². The van der Waals surface area contributed by atoms with E-state index in [9.17, 15) is 9.90 Å². The number of fused-ring (bicyclic) bond motifs is 5. The van der Waals surface area contributed by atoms with Gasteiger partial charge in [0.05, 0.1) is 31.0 Å². The van der Waals surface area contributed by atoms with Gasteiger partial charge in [0.25, 0.3) is 0 Å². The monoisotopic (exact) mass is 614 g/mol. The Labute approximate surface area is 267 Å². The van der Waals surface area contributed by atoms with Crippen molar-refractivity contribution >= 4 is 5.97 Å². The number of carbonyl (C=O) groups excluding carboxylic acids is 1. The Morgan fingerprint density at radius 3 is 2.53 bits per heavy atom. The van der Waals surface area contributed by atoms with Crippen molar-refractivity contribution < 1.29 is 28.8 Å². The number of aliphatic hydroxyl groups is 1. The summed E-state index contributed by atoms with van der Waals surface area (Å²) in [6.45, 7) is 10.6. The van der Waals surface area contributed by atoms with Crippen LogP contribution in [0.5, 0.6) is 0 Å². The van der Waals surface area contributed by atoms with Crippen LogP contribution in [0.15, 0.2) is 53.6 Å². The Morgan fingerprint density at radius 2 is 1.78 bits per heavy atom. The number of methoxy groups -OCH3 is 1. The molecule has 5 aliphatic carbocycles. The number of benzene rings is 1. The van der Waals surface area contributed by atoms with Crippen LogP contribution in [-0.2, 0) is 23.7 Å². The van der Waals surface area contributed by atoms with Crippen molar-refractivity contribution in [3.8, 4) is 0 Å². The van der Waals surface area contributed by atoms with E-state index in [1.54, 1.807) is 7.11 Å². The van der Waals surface area contributed by atoms with Gasteiger partial charge in [-0.1, -0.05) is 62.8 Å². The number of aliphatic hydroxyl groups excluding tert-OH is 1. The lowest BCUT2D eigenvalue weighted by molar-refractivity contribution is -0.224. The molecule has 12 atom stereocenters. The third-order valence-electron chi connectivity index (χ3n) is 15.8. The van der Waals surface area contributed by atoms with E-state index in [2.05, 4.69) is 57.2 Å². The highest BCUT2D eigenvalue weighted by molar-refractivity contribution is 5.92. The molecule has 0 aromatic heterocycles. The minimum Gasteiger partial charge on any atom is -0.426 e. The molecule has 3 aliphatic heterocycles. The van der Waals surface area contributed by atoms with Gasteiger partial charge in [0.2, 0.25) is 5.79 Å². The Kier molecular flexibility index (Phi) is 5.78. The van der Waals surface area contributed by atoms with Crippen LogP contribution in [0.3, 0.4) is 0 Å². The highest BCUT2D eigenvalue weighted by atomic mass is 16.7. The molecule has 0 radical (unpaired) electrons. The fourth-order valence-corrected chi connectivity index (χ4v) is 13.5. The van der Waals surface area contributed by atoms with Gasteiger partial charge in [-0.3, -0.25) is 0 Å². The van der Waals surface area contributed by atoms with Crippen LogP contribution in [0.4, 0.5) is 0 Å². The average molecular weight is 615 g/mol. The van der Waals surface area contributed by atoms with Crippen molar-refractivity contribution in [2.75, 3.05) is 20.3 Å². The van der Waals surface area contributed by atoms with Crippen LogP contribution in [0.1, 0.15) is 97.1 Å². The highest BCUT2D eigenvalue weighted by Gasteiger charge is 2.85. The molecule has 9 rings (SSSR count). The van der Waals surface area contributed by atoms with Gasteiger partial charge in [0, 0.05) is 29.9 Å². The lowest BCUT2D eigenvalue weighted by Gasteiger charge is -2.68. The molecular formula is C39H50O6. The van der Waals surface area contributed by atoms with E-state index >= 15 is 0 Å². The molecule has 242 valence electrons. The maximum absolute atomic E-state index is 13.5. The third-order valence-corrected chi connectivity index (χ3v) is 15.8. The Morgan fingerprint density at radius 1 is 0.978 bits per heavy atom. The van der Waals surface area contributed by atoms with Gasteiger partial charge in [-0.25, -0.2) is 4.79 Å². The Balaban J connectivity index is 1.02. The molecule has 8 aliphatic rings. The van der Waals surface area contributed by atoms with Crippen LogP contribution in [0.2, 0.25) is 0 Å². The molecule has 3 heterocycles. The average Bonchev–Trinajstić information content (AvgIpc) is 3.23. The summed E-state index contributed by atoms with van der Waals surface area (Å²) in [6.07, 6.45) is 13.2. The van der Waals surface area contributed by atoms with E-state index in [1.165, 1.54) is 11.1 Å². The summed E-state index contributed by atoms with van der Waals surface area (Å²) in [4.78, 5) is 13.5. The van der Waals surface area contributed by atoms with Gasteiger partial charge in [0.15, 0.2) is 0 Å². The van der Waals surface area contributed by atoms with Crippen LogP contribution in [-0.4, -0.2) is 48.9 Å². The van der Waals surface area contributed by atoms with Crippen LogP contribution in [0.25, 0.3) is 0 Å². The SMILES string of the molecule is CO[C@]1(C)CO[C@]2(C=C([C@@H]3CC[C@]45C[C@]34CC[C@@H]3[C@@]4(C)CC=C6C[C@@H](c7ccccc7)OC[C@]6(C)[C@@H]4C[C@@H](O)[C@]35C)C(=O)O2)C1. The first-order valence-corrected chi connectivity index (χ1v) is 17.6. The van der Waals surface area contributed by atoms with E-state index in [0.717, 1.165) is 56.9 Å². The number of hydrogen-bond donors (Lipinski definition) is 1. The topological polar surface area (TPSA) is 74.2 Å². The molecule has 45 heavy (non-hydrogen) atoms. The number of esters is 1. The highest BCUT2D eigenvalue weighted by Crippen LogP contribution is 2.91. The zero-order valence-electron chi connectivity index (χ0n) is 27.7. The molecule has 1 spiro atoms. The van der Waals surface area contributed by atoms with E-state index < -0.39 is 11.4 Å². The smallest absolute Gasteiger partial charge is 0.336 e. The van der Waals surface area contributed by atoms with Gasteiger partial charge >= 0.3 is 5.97 Å². The molecule has 6 heteroatoms. The summed E-state index contributed by atoms with van der Waals surface area (Å²) >= 11 is 0. The first kappa shape index (κ1) is 29.2. The zero-order valence-corrected chi connectivity index (χ0v) is 27.7. The van der Waals surface area contributed by atoms with Gasteiger partial charge in [-0.15, -0.1) is 0 Å². The first-order valence-electron chi connectivity index (χ1n) is 17.6. The fraction of sp³-hybridized carbons (Fsp3) is 0.718. The summed E-state index contributed by atoms with van der Waals surface area (Å²) < 4.78 is 24.5. The van der Waals surface area contributed by atoms with Crippen molar-refractivity contribution in [3.05, 3.63) is 59.2 Å². The maximum atomic E-state index is 13.5. The Hall–Kier alpha value is -1.99. The molecule has 6 fully saturated rings. The molecular weight excluding hydrogens is 564 g/mol.